The van der Waals surface area contributed by atoms with Crippen molar-refractivity contribution in [3.63, 3.8) is 0 Å². The van der Waals surface area contributed by atoms with E-state index in [1.54, 1.807) is 0 Å². The number of hydrogen-bond acceptors (Lipinski definition) is 3. The number of piperidine rings is 1. The number of fused-ring (bicyclic) bond motifs is 1. The fraction of sp³-hybridized carbons (Fsp3) is 0.435. The monoisotopic (exact) mass is 364 g/mol. The molecule has 2 aromatic rings. The minimum atomic E-state index is -0.902. The molecule has 0 aromatic heterocycles. The summed E-state index contributed by atoms with van der Waals surface area (Å²) in [6.45, 7) is 6.26. The van der Waals surface area contributed by atoms with E-state index in [0.29, 0.717) is 13.2 Å². The van der Waals surface area contributed by atoms with E-state index in [-0.39, 0.29) is 5.91 Å². The zero-order valence-electron chi connectivity index (χ0n) is 16.1. The Morgan fingerprint density at radius 1 is 0.963 bits per heavy atom. The molecule has 0 N–H and O–H groups in total. The Morgan fingerprint density at radius 3 is 2.44 bits per heavy atom. The largest absolute Gasteiger partial charge is 0.359 e. The van der Waals surface area contributed by atoms with Gasteiger partial charge in [-0.1, -0.05) is 55.0 Å². The molecule has 2 aromatic carbocycles. The van der Waals surface area contributed by atoms with Crippen LogP contribution in [0.5, 0.6) is 0 Å². The summed E-state index contributed by atoms with van der Waals surface area (Å²) >= 11 is 0. The zero-order valence-corrected chi connectivity index (χ0v) is 16.1. The van der Waals surface area contributed by atoms with Gasteiger partial charge in [0, 0.05) is 12.1 Å². The third kappa shape index (κ3) is 3.64. The van der Waals surface area contributed by atoms with Gasteiger partial charge in [0.2, 0.25) is 0 Å². The van der Waals surface area contributed by atoms with Crippen molar-refractivity contribution < 1.29 is 9.53 Å². The van der Waals surface area contributed by atoms with Gasteiger partial charge >= 0.3 is 0 Å². The van der Waals surface area contributed by atoms with Gasteiger partial charge in [-0.15, -0.1) is 0 Å². The molecular weight excluding hydrogens is 336 g/mol. The Hall–Kier alpha value is -2.17. The molecule has 1 amide bonds. The van der Waals surface area contributed by atoms with Gasteiger partial charge in [-0.3, -0.25) is 4.79 Å². The molecule has 142 valence electrons. The van der Waals surface area contributed by atoms with Crippen molar-refractivity contribution in [2.75, 3.05) is 31.1 Å². The zero-order chi connectivity index (χ0) is 18.7. The molecule has 2 aliphatic rings. The van der Waals surface area contributed by atoms with Gasteiger partial charge in [0.25, 0.3) is 5.91 Å². The van der Waals surface area contributed by atoms with Crippen LogP contribution in [0.15, 0.2) is 54.6 Å². The Bertz CT molecular complexity index is 786. The Morgan fingerprint density at radius 2 is 1.67 bits per heavy atom. The topological polar surface area (TPSA) is 32.8 Å². The molecule has 0 aliphatic carbocycles. The number of carbonyl (C=O) groups excluding carboxylic acids is 1. The third-order valence-electron chi connectivity index (χ3n) is 5.79. The summed E-state index contributed by atoms with van der Waals surface area (Å²) in [6, 6.07) is 18.2. The second kappa shape index (κ2) is 7.83. The maximum absolute atomic E-state index is 13.4. The second-order valence-electron chi connectivity index (χ2n) is 7.68. The van der Waals surface area contributed by atoms with Crippen molar-refractivity contribution in [3.8, 4) is 0 Å². The Labute approximate surface area is 161 Å². The lowest BCUT2D eigenvalue weighted by atomic mass is 9.97. The number of benzene rings is 2. The number of anilines is 1. The molecule has 4 heteroatoms. The molecule has 1 fully saturated rings. The minimum absolute atomic E-state index is 0.0335. The average molecular weight is 364 g/mol. The van der Waals surface area contributed by atoms with Crippen LogP contribution in [0, 0.1) is 0 Å². The Kier molecular flexibility index (Phi) is 5.28. The molecule has 0 bridgehead atoms. The van der Waals surface area contributed by atoms with E-state index in [0.717, 1.165) is 36.4 Å². The van der Waals surface area contributed by atoms with Crippen molar-refractivity contribution in [3.05, 3.63) is 65.7 Å². The highest BCUT2D eigenvalue weighted by Gasteiger charge is 2.48. The number of nitrogens with zero attached hydrogens (tertiary/aromatic N) is 2. The summed E-state index contributed by atoms with van der Waals surface area (Å²) in [5, 5.41) is 0. The number of ether oxygens (including phenoxy) is 1. The molecule has 4 nitrogen and oxygen atoms in total. The van der Waals surface area contributed by atoms with Crippen LogP contribution < -0.4 is 4.90 Å². The number of amides is 1. The SMILES string of the molecule is C[C@]1(OCCN2CCCCC2)C(=O)N(Cc2ccccc2)c2ccccc21. The van der Waals surface area contributed by atoms with Crippen molar-refractivity contribution >= 4 is 11.6 Å². The number of para-hydroxylation sites is 1. The van der Waals surface area contributed by atoms with Crippen LogP contribution in [0.3, 0.4) is 0 Å². The van der Waals surface area contributed by atoms with E-state index < -0.39 is 5.60 Å². The predicted molar refractivity (Wildman–Crippen MR) is 108 cm³/mol. The van der Waals surface area contributed by atoms with Crippen LogP contribution >= 0.6 is 0 Å². The van der Waals surface area contributed by atoms with Gasteiger partial charge in [-0.2, -0.15) is 0 Å². The number of likely N-dealkylation sites (tertiary alicyclic amines) is 1. The molecule has 1 atom stereocenters. The van der Waals surface area contributed by atoms with Crippen LogP contribution in [0.2, 0.25) is 0 Å². The van der Waals surface area contributed by atoms with Crippen molar-refractivity contribution in [1.29, 1.82) is 0 Å². The predicted octanol–water partition coefficient (Wildman–Crippen LogP) is 3.95. The number of hydrogen-bond donors (Lipinski definition) is 0. The van der Waals surface area contributed by atoms with Crippen molar-refractivity contribution in [2.24, 2.45) is 0 Å². The lowest BCUT2D eigenvalue weighted by molar-refractivity contribution is -0.142. The molecule has 0 saturated carbocycles. The van der Waals surface area contributed by atoms with E-state index in [4.69, 9.17) is 4.74 Å². The van der Waals surface area contributed by atoms with Gasteiger partial charge in [0.05, 0.1) is 18.8 Å². The molecule has 0 radical (unpaired) electrons. The van der Waals surface area contributed by atoms with Crippen LogP contribution in [0.25, 0.3) is 0 Å². The molecule has 2 aliphatic heterocycles. The molecule has 2 heterocycles. The normalized spacial score (nSPS) is 22.9. The van der Waals surface area contributed by atoms with Gasteiger partial charge < -0.3 is 14.5 Å². The van der Waals surface area contributed by atoms with Crippen molar-refractivity contribution in [1.82, 2.24) is 4.90 Å². The van der Waals surface area contributed by atoms with Crippen LogP contribution in [0.4, 0.5) is 5.69 Å². The van der Waals surface area contributed by atoms with Gasteiger partial charge in [-0.25, -0.2) is 0 Å². The molecule has 4 rings (SSSR count). The summed E-state index contributed by atoms with van der Waals surface area (Å²) in [6.07, 6.45) is 3.86. The van der Waals surface area contributed by atoms with Gasteiger partial charge in [0.15, 0.2) is 5.60 Å². The third-order valence-corrected chi connectivity index (χ3v) is 5.79. The second-order valence-corrected chi connectivity index (χ2v) is 7.68. The van der Waals surface area contributed by atoms with Gasteiger partial charge in [0.1, 0.15) is 0 Å². The minimum Gasteiger partial charge on any atom is -0.359 e. The lowest BCUT2D eigenvalue weighted by Gasteiger charge is -2.29. The first-order valence-corrected chi connectivity index (χ1v) is 10.0. The molecule has 27 heavy (non-hydrogen) atoms. The smallest absolute Gasteiger partial charge is 0.263 e. The van der Waals surface area contributed by atoms with Crippen LogP contribution in [-0.2, 0) is 21.7 Å². The number of carbonyl (C=O) groups is 1. The number of rotatable bonds is 6. The quantitative estimate of drug-likeness (QED) is 0.778. The summed E-state index contributed by atoms with van der Waals surface area (Å²) in [5.74, 6) is 0.0335. The van der Waals surface area contributed by atoms with E-state index in [1.807, 2.05) is 54.3 Å². The summed E-state index contributed by atoms with van der Waals surface area (Å²) in [5.41, 5.74) is 2.16. The molecular formula is C23H28N2O2. The maximum atomic E-state index is 13.4. The Balaban J connectivity index is 1.51. The maximum Gasteiger partial charge on any atom is 0.263 e. The summed E-state index contributed by atoms with van der Waals surface area (Å²) in [4.78, 5) is 17.7. The average Bonchev–Trinajstić information content (AvgIpc) is 2.92. The molecule has 1 saturated heterocycles. The highest BCUT2D eigenvalue weighted by Crippen LogP contribution is 2.43. The first kappa shape index (κ1) is 18.2. The fourth-order valence-electron chi connectivity index (χ4n) is 4.22. The first-order valence-electron chi connectivity index (χ1n) is 10.0. The van der Waals surface area contributed by atoms with E-state index >= 15 is 0 Å². The standard InChI is InChI=1S/C23H28N2O2/c1-23(27-17-16-24-14-8-3-9-15-24)20-12-6-7-13-21(20)25(22(23)26)18-19-10-4-2-5-11-19/h2,4-7,10-13H,3,8-9,14-18H2,1H3/t23-/m1/s1. The summed E-state index contributed by atoms with van der Waals surface area (Å²) < 4.78 is 6.27. The highest BCUT2D eigenvalue weighted by molar-refractivity contribution is 6.06. The van der Waals surface area contributed by atoms with Crippen molar-refractivity contribution in [2.45, 2.75) is 38.3 Å². The summed E-state index contributed by atoms with van der Waals surface area (Å²) in [7, 11) is 0. The van der Waals surface area contributed by atoms with E-state index in [1.165, 1.54) is 19.3 Å². The first-order chi connectivity index (χ1) is 13.2. The van der Waals surface area contributed by atoms with Crippen LogP contribution in [-0.4, -0.2) is 37.0 Å². The van der Waals surface area contributed by atoms with Gasteiger partial charge in [-0.05, 0) is 44.5 Å². The highest BCUT2D eigenvalue weighted by atomic mass is 16.5. The van der Waals surface area contributed by atoms with Crippen LogP contribution in [0.1, 0.15) is 37.3 Å². The molecule has 0 unspecified atom stereocenters. The van der Waals surface area contributed by atoms with E-state index in [9.17, 15) is 4.79 Å². The lowest BCUT2D eigenvalue weighted by Crippen LogP contribution is -2.42. The molecule has 0 spiro atoms. The fourth-order valence-corrected chi connectivity index (χ4v) is 4.22. The van der Waals surface area contributed by atoms with E-state index in [2.05, 4.69) is 17.0 Å².